The van der Waals surface area contributed by atoms with Gasteiger partial charge in [-0.15, -0.1) is 0 Å². The summed E-state index contributed by atoms with van der Waals surface area (Å²) in [6.45, 7) is 1.93. The smallest absolute Gasteiger partial charge is 0.241 e. The number of anilines is 2. The number of imide groups is 2. The molecule has 6 atom stereocenters. The number of aliphatic hydroxyl groups is 1. The van der Waals surface area contributed by atoms with Crippen LogP contribution < -0.4 is 14.5 Å². The molecular weight excluding hydrogens is 544 g/mol. The van der Waals surface area contributed by atoms with E-state index in [9.17, 15) is 19.2 Å². The number of carbonyl (C=O) groups excluding carboxylic acids is 4. The summed E-state index contributed by atoms with van der Waals surface area (Å²) < 4.78 is 5.58. The normalized spacial score (nSPS) is 29.7. The number of benzene rings is 3. The van der Waals surface area contributed by atoms with Crippen LogP contribution in [0, 0.1) is 29.1 Å². The number of hydrogen-bond acceptors (Lipinski definition) is 6. The molecule has 3 fully saturated rings. The van der Waals surface area contributed by atoms with Crippen LogP contribution in [-0.2, 0) is 19.2 Å². The number of rotatable bonds is 6. The largest absolute Gasteiger partial charge is 0.491 e. The van der Waals surface area contributed by atoms with E-state index >= 15 is 0 Å². The zero-order valence-electron chi connectivity index (χ0n) is 23.8. The monoisotopic (exact) mass is 576 g/mol. The number of amides is 4. The zero-order chi connectivity index (χ0) is 29.9. The zero-order valence-corrected chi connectivity index (χ0v) is 23.8. The number of carbonyl (C=O) groups is 4. The summed E-state index contributed by atoms with van der Waals surface area (Å²) in [5.41, 5.74) is 1.76. The van der Waals surface area contributed by atoms with Gasteiger partial charge >= 0.3 is 0 Å². The number of aliphatic hydroxyl groups excluding tert-OH is 1. The Balaban J connectivity index is 1.34. The molecule has 2 heterocycles. The lowest BCUT2D eigenvalue weighted by molar-refractivity contribution is -0.131. The van der Waals surface area contributed by atoms with Crippen molar-refractivity contribution in [1.82, 2.24) is 0 Å². The van der Waals surface area contributed by atoms with Gasteiger partial charge in [0.25, 0.3) is 0 Å². The van der Waals surface area contributed by atoms with Gasteiger partial charge in [-0.1, -0.05) is 60.2 Å². The standard InChI is InChI=1S/C35H32N2O6/c1-35-28(32(40)37(34(35)42)23-10-6-3-7-11-23)20-27-25(30(35)21-12-14-24(15-13-21)43-19-18-38)16-17-26-29(27)33(41)36(31(26)39)22-8-4-2-5-9-22/h2-16,26-30,38H,17-20H2,1H3/t26-,27+,28-,29-,30-,35+/m0/s1. The van der Waals surface area contributed by atoms with Crippen molar-refractivity contribution in [3.05, 3.63) is 102 Å². The van der Waals surface area contributed by atoms with E-state index in [1.54, 1.807) is 60.7 Å². The third-order valence-electron chi connectivity index (χ3n) is 9.88. The highest BCUT2D eigenvalue weighted by Crippen LogP contribution is 2.63. The molecule has 2 aliphatic carbocycles. The molecule has 4 aliphatic rings. The van der Waals surface area contributed by atoms with Crippen LogP contribution in [0.2, 0.25) is 0 Å². The second kappa shape index (κ2) is 10.3. The Hall–Kier alpha value is -4.56. The van der Waals surface area contributed by atoms with Gasteiger partial charge in [-0.3, -0.25) is 24.1 Å². The highest BCUT2D eigenvalue weighted by molar-refractivity contribution is 6.25. The minimum Gasteiger partial charge on any atom is -0.491 e. The van der Waals surface area contributed by atoms with Crippen molar-refractivity contribution >= 4 is 35.0 Å². The summed E-state index contributed by atoms with van der Waals surface area (Å²) in [4.78, 5) is 58.9. The van der Waals surface area contributed by atoms with Crippen LogP contribution in [0.15, 0.2) is 96.6 Å². The number of nitrogens with zero attached hydrogens (tertiary/aromatic N) is 2. The maximum atomic E-state index is 14.4. The average molecular weight is 577 g/mol. The van der Waals surface area contributed by atoms with Crippen LogP contribution >= 0.6 is 0 Å². The van der Waals surface area contributed by atoms with Crippen molar-refractivity contribution in [2.45, 2.75) is 25.7 Å². The van der Waals surface area contributed by atoms with Crippen molar-refractivity contribution < 1.29 is 29.0 Å². The second-order valence-corrected chi connectivity index (χ2v) is 12.0. The van der Waals surface area contributed by atoms with Gasteiger partial charge in [0.15, 0.2) is 0 Å². The molecule has 0 spiro atoms. The Kier molecular flexibility index (Phi) is 6.54. The first-order valence-electron chi connectivity index (χ1n) is 14.8. The number of fused-ring (bicyclic) bond motifs is 4. The van der Waals surface area contributed by atoms with Gasteiger partial charge in [0, 0.05) is 5.92 Å². The number of hydrogen-bond donors (Lipinski definition) is 1. The molecule has 8 nitrogen and oxygen atoms in total. The van der Waals surface area contributed by atoms with Gasteiger partial charge < -0.3 is 9.84 Å². The fourth-order valence-electron chi connectivity index (χ4n) is 7.97. The topological polar surface area (TPSA) is 104 Å². The predicted molar refractivity (Wildman–Crippen MR) is 159 cm³/mol. The van der Waals surface area contributed by atoms with Gasteiger partial charge in [0.05, 0.1) is 41.2 Å². The van der Waals surface area contributed by atoms with E-state index in [0.717, 1.165) is 11.1 Å². The molecule has 7 rings (SSSR count). The third kappa shape index (κ3) is 4.00. The van der Waals surface area contributed by atoms with Crippen molar-refractivity contribution in [3.63, 3.8) is 0 Å². The Morgan fingerprint density at radius 2 is 1.42 bits per heavy atom. The maximum absolute atomic E-state index is 14.4. The Bertz CT molecular complexity index is 1640. The molecule has 4 amide bonds. The molecular formula is C35H32N2O6. The highest BCUT2D eigenvalue weighted by atomic mass is 16.5. The van der Waals surface area contributed by atoms with Crippen LogP contribution in [0.25, 0.3) is 0 Å². The number of para-hydroxylation sites is 2. The lowest BCUT2D eigenvalue weighted by Crippen LogP contribution is -2.48. The molecule has 2 saturated heterocycles. The summed E-state index contributed by atoms with van der Waals surface area (Å²) in [5.74, 6) is -3.07. The van der Waals surface area contributed by atoms with Crippen LogP contribution in [-0.4, -0.2) is 41.9 Å². The van der Waals surface area contributed by atoms with Crippen LogP contribution in [0.3, 0.4) is 0 Å². The van der Waals surface area contributed by atoms with Crippen molar-refractivity contribution in [1.29, 1.82) is 0 Å². The van der Waals surface area contributed by atoms with Gasteiger partial charge in [-0.05, 0) is 67.6 Å². The first-order chi connectivity index (χ1) is 20.9. The molecule has 3 aromatic carbocycles. The fourth-order valence-corrected chi connectivity index (χ4v) is 7.97. The van der Waals surface area contributed by atoms with Crippen LogP contribution in [0.4, 0.5) is 11.4 Å². The van der Waals surface area contributed by atoms with E-state index in [4.69, 9.17) is 9.84 Å². The predicted octanol–water partition coefficient (Wildman–Crippen LogP) is 4.49. The minimum atomic E-state index is -1.10. The van der Waals surface area contributed by atoms with Crippen molar-refractivity contribution in [3.8, 4) is 5.75 Å². The summed E-state index contributed by atoms with van der Waals surface area (Å²) in [6.07, 6.45) is 2.76. The van der Waals surface area contributed by atoms with E-state index in [0.29, 0.717) is 30.0 Å². The number of allylic oxidation sites excluding steroid dienone is 2. The minimum absolute atomic E-state index is 0.111. The maximum Gasteiger partial charge on any atom is 0.241 e. The van der Waals surface area contributed by atoms with Crippen LogP contribution in [0.1, 0.15) is 31.2 Å². The molecule has 218 valence electrons. The molecule has 0 aromatic heterocycles. The van der Waals surface area contributed by atoms with E-state index in [-0.39, 0.29) is 42.8 Å². The van der Waals surface area contributed by atoms with Crippen molar-refractivity contribution in [2.75, 3.05) is 23.0 Å². The van der Waals surface area contributed by atoms with Gasteiger partial charge in [-0.25, -0.2) is 4.90 Å². The Morgan fingerprint density at radius 1 is 0.791 bits per heavy atom. The molecule has 1 N–H and O–H groups in total. The quantitative estimate of drug-likeness (QED) is 0.343. The molecule has 0 unspecified atom stereocenters. The van der Waals surface area contributed by atoms with Crippen LogP contribution in [0.5, 0.6) is 5.75 Å². The van der Waals surface area contributed by atoms with E-state index in [1.165, 1.54) is 9.80 Å². The average Bonchev–Trinajstić information content (AvgIpc) is 3.40. The summed E-state index contributed by atoms with van der Waals surface area (Å²) in [7, 11) is 0. The third-order valence-corrected chi connectivity index (χ3v) is 9.88. The lowest BCUT2D eigenvalue weighted by Gasteiger charge is -2.49. The highest BCUT2D eigenvalue weighted by Gasteiger charge is 2.67. The first-order valence-corrected chi connectivity index (χ1v) is 14.8. The molecule has 0 radical (unpaired) electrons. The molecule has 1 saturated carbocycles. The fraction of sp³-hybridized carbons (Fsp3) is 0.314. The van der Waals surface area contributed by atoms with E-state index < -0.39 is 29.1 Å². The SMILES string of the molecule is C[C@@]12C(=O)N(c3ccccc3)C(=O)[C@@H]1C[C@@H]1C(=CC[C@@H]3C(=O)N(c4ccccc4)C(=O)[C@@H]31)[C@@H]2c1ccc(OCCO)cc1. The molecule has 3 aromatic rings. The number of ether oxygens (including phenoxy) is 1. The molecule has 8 heteroatoms. The summed E-state index contributed by atoms with van der Waals surface area (Å²) in [6, 6.07) is 25.3. The molecule has 0 bridgehead atoms. The first kappa shape index (κ1) is 27.3. The van der Waals surface area contributed by atoms with E-state index in [2.05, 4.69) is 6.08 Å². The molecule has 2 aliphatic heterocycles. The molecule has 43 heavy (non-hydrogen) atoms. The van der Waals surface area contributed by atoms with Gasteiger partial charge in [0.2, 0.25) is 23.6 Å². The summed E-state index contributed by atoms with van der Waals surface area (Å²) >= 11 is 0. The Morgan fingerprint density at radius 3 is 2.05 bits per heavy atom. The van der Waals surface area contributed by atoms with Crippen molar-refractivity contribution in [2.24, 2.45) is 29.1 Å². The lowest BCUT2D eigenvalue weighted by atomic mass is 9.51. The van der Waals surface area contributed by atoms with Gasteiger partial charge in [-0.2, -0.15) is 0 Å². The Labute approximate surface area is 249 Å². The second-order valence-electron chi connectivity index (χ2n) is 12.0. The summed E-state index contributed by atoms with van der Waals surface area (Å²) in [5, 5.41) is 9.17. The van der Waals surface area contributed by atoms with E-state index in [1.807, 2.05) is 31.2 Å². The van der Waals surface area contributed by atoms with Gasteiger partial charge in [0.1, 0.15) is 12.4 Å².